The molecule has 0 bridgehead atoms. The van der Waals surface area contributed by atoms with Crippen LogP contribution < -0.4 is 4.90 Å². The van der Waals surface area contributed by atoms with Crippen LogP contribution in [-0.4, -0.2) is 23.5 Å². The summed E-state index contributed by atoms with van der Waals surface area (Å²) < 4.78 is 0. The number of benzene rings is 3. The van der Waals surface area contributed by atoms with Crippen molar-refractivity contribution < 1.29 is 4.79 Å². The van der Waals surface area contributed by atoms with Gasteiger partial charge in [0.2, 0.25) is 0 Å². The Balaban J connectivity index is 1.51. The van der Waals surface area contributed by atoms with Gasteiger partial charge in [-0.15, -0.1) is 0 Å². The third-order valence-corrected chi connectivity index (χ3v) is 5.49. The SMILES string of the molecule is O=C1N(Cc2ccccc2)C[C@@H]2CCc3c(ccc4ccccc34)N12. The Labute approximate surface area is 147 Å². The molecule has 2 aliphatic heterocycles. The molecule has 1 atom stereocenters. The summed E-state index contributed by atoms with van der Waals surface area (Å²) >= 11 is 0. The second kappa shape index (κ2) is 5.62. The van der Waals surface area contributed by atoms with Crippen molar-refractivity contribution in [1.82, 2.24) is 4.90 Å². The number of urea groups is 1. The van der Waals surface area contributed by atoms with Crippen LogP contribution in [0, 0.1) is 0 Å². The highest BCUT2D eigenvalue weighted by Gasteiger charge is 2.41. The highest BCUT2D eigenvalue weighted by Crippen LogP contribution is 2.39. The Morgan fingerprint density at radius 2 is 1.72 bits per heavy atom. The van der Waals surface area contributed by atoms with Crippen LogP contribution in [0.5, 0.6) is 0 Å². The Morgan fingerprint density at radius 1 is 0.920 bits per heavy atom. The van der Waals surface area contributed by atoms with E-state index in [1.807, 2.05) is 28.0 Å². The van der Waals surface area contributed by atoms with Crippen LogP contribution in [0.1, 0.15) is 17.5 Å². The van der Waals surface area contributed by atoms with Crippen LogP contribution >= 0.6 is 0 Å². The molecule has 0 aliphatic carbocycles. The summed E-state index contributed by atoms with van der Waals surface area (Å²) in [6.45, 7) is 1.51. The molecule has 0 N–H and O–H groups in total. The van der Waals surface area contributed by atoms with Gasteiger partial charge in [0, 0.05) is 18.8 Å². The van der Waals surface area contributed by atoms with Gasteiger partial charge in [0.1, 0.15) is 0 Å². The molecule has 3 nitrogen and oxygen atoms in total. The Morgan fingerprint density at radius 3 is 2.60 bits per heavy atom. The van der Waals surface area contributed by atoms with Crippen molar-refractivity contribution in [2.75, 3.05) is 11.4 Å². The topological polar surface area (TPSA) is 23.6 Å². The maximum Gasteiger partial charge on any atom is 0.325 e. The fourth-order valence-corrected chi connectivity index (χ4v) is 4.30. The van der Waals surface area contributed by atoms with E-state index in [1.165, 1.54) is 21.9 Å². The van der Waals surface area contributed by atoms with Gasteiger partial charge < -0.3 is 4.90 Å². The lowest BCUT2D eigenvalue weighted by Crippen LogP contribution is -2.38. The van der Waals surface area contributed by atoms with Crippen LogP contribution in [0.2, 0.25) is 0 Å². The molecule has 0 aromatic heterocycles. The van der Waals surface area contributed by atoms with Gasteiger partial charge in [0.25, 0.3) is 0 Å². The molecule has 3 heteroatoms. The van der Waals surface area contributed by atoms with E-state index in [9.17, 15) is 4.79 Å². The van der Waals surface area contributed by atoms with Crippen LogP contribution in [0.4, 0.5) is 10.5 Å². The molecular weight excluding hydrogens is 308 g/mol. The second-order valence-electron chi connectivity index (χ2n) is 7.00. The largest absolute Gasteiger partial charge is 0.325 e. The van der Waals surface area contributed by atoms with Gasteiger partial charge in [0.15, 0.2) is 0 Å². The number of carbonyl (C=O) groups is 1. The number of hydrogen-bond donors (Lipinski definition) is 0. The lowest BCUT2D eigenvalue weighted by molar-refractivity contribution is 0.218. The molecule has 1 saturated heterocycles. The van der Waals surface area contributed by atoms with Gasteiger partial charge >= 0.3 is 6.03 Å². The molecule has 3 aromatic carbocycles. The van der Waals surface area contributed by atoms with Crippen LogP contribution in [0.25, 0.3) is 10.8 Å². The van der Waals surface area contributed by atoms with Crippen LogP contribution in [0.3, 0.4) is 0 Å². The number of carbonyl (C=O) groups excluding carboxylic acids is 1. The molecule has 2 heterocycles. The van der Waals surface area contributed by atoms with Gasteiger partial charge in [-0.05, 0) is 40.8 Å². The normalized spacial score (nSPS) is 19.2. The summed E-state index contributed by atoms with van der Waals surface area (Å²) in [6, 6.07) is 23.5. The van der Waals surface area contributed by atoms with Crippen molar-refractivity contribution >= 4 is 22.5 Å². The Kier molecular flexibility index (Phi) is 3.27. The van der Waals surface area contributed by atoms with Gasteiger partial charge in [-0.2, -0.15) is 0 Å². The summed E-state index contributed by atoms with van der Waals surface area (Å²) in [5, 5.41) is 2.54. The zero-order valence-electron chi connectivity index (χ0n) is 14.1. The fourth-order valence-electron chi connectivity index (χ4n) is 4.30. The zero-order chi connectivity index (χ0) is 16.8. The number of anilines is 1. The molecule has 25 heavy (non-hydrogen) atoms. The lowest BCUT2D eigenvalue weighted by atomic mass is 9.92. The first kappa shape index (κ1) is 14.5. The monoisotopic (exact) mass is 328 g/mol. The molecule has 0 spiro atoms. The fraction of sp³-hybridized carbons (Fsp3) is 0.227. The molecule has 3 aromatic rings. The van der Waals surface area contributed by atoms with E-state index >= 15 is 0 Å². The summed E-state index contributed by atoms with van der Waals surface area (Å²) in [7, 11) is 0. The standard InChI is InChI=1S/C22H20N2O/c25-22-23(14-16-6-2-1-3-7-16)15-18-11-12-20-19-9-5-4-8-17(19)10-13-21(20)24(18)22/h1-10,13,18H,11-12,14-15H2/t18-/m0/s1. The first-order valence-electron chi connectivity index (χ1n) is 8.94. The number of nitrogens with zero attached hydrogens (tertiary/aromatic N) is 2. The second-order valence-corrected chi connectivity index (χ2v) is 7.00. The molecule has 0 radical (unpaired) electrons. The van der Waals surface area contributed by atoms with Gasteiger partial charge in [0.05, 0.1) is 6.04 Å². The molecular formula is C22H20N2O. The third-order valence-electron chi connectivity index (χ3n) is 5.49. The van der Waals surface area contributed by atoms with Crippen molar-refractivity contribution in [2.45, 2.75) is 25.4 Å². The number of hydrogen-bond acceptors (Lipinski definition) is 1. The van der Waals surface area contributed by atoms with Gasteiger partial charge in [-0.3, -0.25) is 4.90 Å². The first-order chi connectivity index (χ1) is 12.3. The van der Waals surface area contributed by atoms with E-state index in [0.29, 0.717) is 12.6 Å². The minimum atomic E-state index is 0.144. The quantitative estimate of drug-likeness (QED) is 0.674. The Hall–Kier alpha value is -2.81. The molecule has 0 saturated carbocycles. The molecule has 5 rings (SSSR count). The van der Waals surface area contributed by atoms with Crippen molar-refractivity contribution in [1.29, 1.82) is 0 Å². The molecule has 1 fully saturated rings. The van der Waals surface area contributed by atoms with Crippen molar-refractivity contribution in [3.05, 3.63) is 77.9 Å². The highest BCUT2D eigenvalue weighted by atomic mass is 16.2. The minimum absolute atomic E-state index is 0.144. The minimum Gasteiger partial charge on any atom is -0.318 e. The molecule has 0 unspecified atom stereocenters. The average Bonchev–Trinajstić information content (AvgIpc) is 2.98. The maximum absolute atomic E-state index is 13.1. The number of amides is 2. The van der Waals surface area contributed by atoms with Crippen molar-refractivity contribution in [3.63, 3.8) is 0 Å². The average molecular weight is 328 g/mol. The predicted molar refractivity (Wildman–Crippen MR) is 101 cm³/mol. The zero-order valence-corrected chi connectivity index (χ0v) is 14.1. The third kappa shape index (κ3) is 2.30. The number of rotatable bonds is 2. The van der Waals surface area contributed by atoms with E-state index in [0.717, 1.165) is 25.1 Å². The van der Waals surface area contributed by atoms with Gasteiger partial charge in [-0.25, -0.2) is 4.79 Å². The maximum atomic E-state index is 13.1. The van der Waals surface area contributed by atoms with Gasteiger partial charge in [-0.1, -0.05) is 60.7 Å². The van der Waals surface area contributed by atoms with Crippen LogP contribution in [0.15, 0.2) is 66.7 Å². The van der Waals surface area contributed by atoms with E-state index in [2.05, 4.69) is 48.5 Å². The van der Waals surface area contributed by atoms with E-state index < -0.39 is 0 Å². The van der Waals surface area contributed by atoms with E-state index in [-0.39, 0.29) is 6.03 Å². The Bertz CT molecular complexity index is 951. The summed E-state index contributed by atoms with van der Waals surface area (Å²) in [4.78, 5) is 17.1. The smallest absolute Gasteiger partial charge is 0.318 e. The number of aryl methyl sites for hydroxylation is 1. The molecule has 124 valence electrons. The summed E-state index contributed by atoms with van der Waals surface area (Å²) in [6.07, 6.45) is 2.09. The van der Waals surface area contributed by atoms with E-state index in [1.54, 1.807) is 0 Å². The first-order valence-corrected chi connectivity index (χ1v) is 8.94. The lowest BCUT2D eigenvalue weighted by Gasteiger charge is -2.31. The van der Waals surface area contributed by atoms with Crippen molar-refractivity contribution in [2.24, 2.45) is 0 Å². The number of fused-ring (bicyclic) bond motifs is 5. The highest BCUT2D eigenvalue weighted by molar-refractivity contribution is 6.00. The van der Waals surface area contributed by atoms with E-state index in [4.69, 9.17) is 0 Å². The molecule has 2 amide bonds. The summed E-state index contributed by atoms with van der Waals surface area (Å²) in [5.41, 5.74) is 3.62. The van der Waals surface area contributed by atoms with Crippen molar-refractivity contribution in [3.8, 4) is 0 Å². The summed E-state index contributed by atoms with van der Waals surface area (Å²) in [5.74, 6) is 0. The van der Waals surface area contributed by atoms with Crippen LogP contribution in [-0.2, 0) is 13.0 Å². The molecule has 2 aliphatic rings. The predicted octanol–water partition coefficient (Wildman–Crippen LogP) is 4.60.